The first-order valence-electron chi connectivity index (χ1n) is 4.95. The summed E-state index contributed by atoms with van der Waals surface area (Å²) in [5.41, 5.74) is 0.805. The normalized spacial score (nSPS) is 9.76. The molecule has 7 nitrogen and oxygen atoms in total. The van der Waals surface area contributed by atoms with Gasteiger partial charge in [0.2, 0.25) is 0 Å². The van der Waals surface area contributed by atoms with Crippen molar-refractivity contribution in [3.05, 3.63) is 33.9 Å². The fourth-order valence-corrected chi connectivity index (χ4v) is 1.23. The monoisotopic (exact) mass is 239 g/mol. The van der Waals surface area contributed by atoms with E-state index in [2.05, 4.69) is 10.6 Å². The summed E-state index contributed by atoms with van der Waals surface area (Å²) in [5.74, 6) is 0. The van der Waals surface area contributed by atoms with Crippen LogP contribution in [0.1, 0.15) is 5.56 Å². The molecule has 3 N–H and O–H groups in total. The Labute approximate surface area is 97.6 Å². The fraction of sp³-hybridized carbons (Fsp3) is 0.300. The van der Waals surface area contributed by atoms with Crippen LogP contribution in [0.5, 0.6) is 0 Å². The van der Waals surface area contributed by atoms with Crippen molar-refractivity contribution in [3.8, 4) is 0 Å². The number of carbonyl (C=O) groups is 1. The van der Waals surface area contributed by atoms with Gasteiger partial charge in [0.15, 0.2) is 0 Å². The molecule has 1 aromatic rings. The van der Waals surface area contributed by atoms with Gasteiger partial charge in [0.05, 0.1) is 11.5 Å². The van der Waals surface area contributed by atoms with Crippen LogP contribution in [0.3, 0.4) is 0 Å². The highest BCUT2D eigenvalue weighted by Crippen LogP contribution is 2.21. The Kier molecular flexibility index (Phi) is 4.41. The molecule has 0 saturated carbocycles. The molecular formula is C10H13N3O4. The zero-order valence-electron chi connectivity index (χ0n) is 9.27. The molecule has 1 aromatic carbocycles. The second kappa shape index (κ2) is 5.80. The van der Waals surface area contributed by atoms with E-state index in [4.69, 9.17) is 5.11 Å². The molecule has 0 unspecified atom stereocenters. The quantitative estimate of drug-likeness (QED) is 0.538. The average Bonchev–Trinajstić information content (AvgIpc) is 2.28. The summed E-state index contributed by atoms with van der Waals surface area (Å²) in [7, 11) is 0. The summed E-state index contributed by atoms with van der Waals surface area (Å²) in [4.78, 5) is 21.4. The SMILES string of the molecule is Cc1ccc(NC(=O)NCCO)cc1[N+](=O)[O-]. The third kappa shape index (κ3) is 3.72. The first-order valence-corrected chi connectivity index (χ1v) is 4.95. The van der Waals surface area contributed by atoms with Crippen LogP contribution in [0, 0.1) is 17.0 Å². The van der Waals surface area contributed by atoms with Crippen molar-refractivity contribution in [2.75, 3.05) is 18.5 Å². The van der Waals surface area contributed by atoms with Gasteiger partial charge in [0.1, 0.15) is 0 Å². The molecule has 0 aromatic heterocycles. The van der Waals surface area contributed by atoms with Gasteiger partial charge in [0.25, 0.3) is 5.69 Å². The van der Waals surface area contributed by atoms with Gasteiger partial charge in [-0.05, 0) is 13.0 Å². The van der Waals surface area contributed by atoms with Crippen molar-refractivity contribution in [3.63, 3.8) is 0 Å². The molecule has 0 aliphatic carbocycles. The average molecular weight is 239 g/mol. The molecule has 0 aliphatic heterocycles. The van der Waals surface area contributed by atoms with Gasteiger partial charge < -0.3 is 15.7 Å². The number of rotatable bonds is 4. The first kappa shape index (κ1) is 12.9. The van der Waals surface area contributed by atoms with Crippen molar-refractivity contribution in [1.29, 1.82) is 0 Å². The minimum atomic E-state index is -0.516. The molecule has 0 atom stereocenters. The van der Waals surface area contributed by atoms with Crippen molar-refractivity contribution in [2.45, 2.75) is 6.92 Å². The van der Waals surface area contributed by atoms with Gasteiger partial charge in [-0.2, -0.15) is 0 Å². The standard InChI is InChI=1S/C10H13N3O4/c1-7-2-3-8(6-9(7)13(16)17)12-10(15)11-4-5-14/h2-3,6,14H,4-5H2,1H3,(H2,11,12,15). The van der Waals surface area contributed by atoms with Gasteiger partial charge in [-0.3, -0.25) is 10.1 Å². The number of nitrogens with zero attached hydrogens (tertiary/aromatic N) is 1. The molecule has 92 valence electrons. The Bertz CT molecular complexity index is 434. The number of aliphatic hydroxyl groups excluding tert-OH is 1. The van der Waals surface area contributed by atoms with Gasteiger partial charge in [-0.25, -0.2) is 4.79 Å². The number of benzene rings is 1. The molecule has 1 rings (SSSR count). The van der Waals surface area contributed by atoms with Crippen LogP contribution in [0.15, 0.2) is 18.2 Å². The minimum absolute atomic E-state index is 0.0510. The summed E-state index contributed by atoms with van der Waals surface area (Å²) in [5, 5.41) is 24.0. The first-order chi connectivity index (χ1) is 8.04. The lowest BCUT2D eigenvalue weighted by Crippen LogP contribution is -2.30. The third-order valence-corrected chi connectivity index (χ3v) is 2.06. The number of carbonyl (C=O) groups excluding carboxylic acids is 1. The number of nitro benzene ring substituents is 1. The molecule has 0 bridgehead atoms. The molecule has 0 fully saturated rings. The number of anilines is 1. The number of urea groups is 1. The van der Waals surface area contributed by atoms with E-state index in [0.717, 1.165) is 0 Å². The van der Waals surface area contributed by atoms with Crippen LogP contribution < -0.4 is 10.6 Å². The number of amides is 2. The summed E-state index contributed by atoms with van der Waals surface area (Å²) in [6, 6.07) is 3.89. The molecule has 17 heavy (non-hydrogen) atoms. The van der Waals surface area contributed by atoms with E-state index in [-0.39, 0.29) is 18.8 Å². The largest absolute Gasteiger partial charge is 0.395 e. The number of hydrogen-bond donors (Lipinski definition) is 3. The second-order valence-corrected chi connectivity index (χ2v) is 3.36. The Hall–Kier alpha value is -2.15. The number of hydrogen-bond acceptors (Lipinski definition) is 4. The highest BCUT2D eigenvalue weighted by molar-refractivity contribution is 5.89. The second-order valence-electron chi connectivity index (χ2n) is 3.36. The van der Waals surface area contributed by atoms with E-state index in [1.165, 1.54) is 6.07 Å². The lowest BCUT2D eigenvalue weighted by molar-refractivity contribution is -0.385. The third-order valence-electron chi connectivity index (χ3n) is 2.06. The maximum atomic E-state index is 11.2. The fourth-order valence-electron chi connectivity index (χ4n) is 1.23. The predicted octanol–water partition coefficient (Wildman–Crippen LogP) is 1.02. The van der Waals surface area contributed by atoms with Crippen molar-refractivity contribution in [1.82, 2.24) is 5.32 Å². The van der Waals surface area contributed by atoms with E-state index in [0.29, 0.717) is 11.3 Å². The summed E-state index contributed by atoms with van der Waals surface area (Å²) >= 11 is 0. The van der Waals surface area contributed by atoms with Crippen LogP contribution in [0.2, 0.25) is 0 Å². The molecule has 0 heterocycles. The van der Waals surface area contributed by atoms with Crippen molar-refractivity contribution in [2.24, 2.45) is 0 Å². The van der Waals surface area contributed by atoms with Gasteiger partial charge in [-0.15, -0.1) is 0 Å². The van der Waals surface area contributed by atoms with Gasteiger partial charge >= 0.3 is 6.03 Å². The summed E-state index contributed by atoms with van der Waals surface area (Å²) in [6.07, 6.45) is 0. The molecule has 0 spiro atoms. The highest BCUT2D eigenvalue weighted by Gasteiger charge is 2.11. The smallest absolute Gasteiger partial charge is 0.319 e. The Morgan fingerprint density at radius 3 is 2.82 bits per heavy atom. The lowest BCUT2D eigenvalue weighted by atomic mass is 10.2. The molecule has 2 amide bonds. The Morgan fingerprint density at radius 1 is 1.53 bits per heavy atom. The highest BCUT2D eigenvalue weighted by atomic mass is 16.6. The van der Waals surface area contributed by atoms with E-state index in [1.54, 1.807) is 19.1 Å². The summed E-state index contributed by atoms with van der Waals surface area (Å²) in [6.45, 7) is 1.58. The van der Waals surface area contributed by atoms with Crippen LogP contribution in [-0.2, 0) is 0 Å². The molecule has 0 saturated heterocycles. The maximum absolute atomic E-state index is 11.2. The zero-order valence-corrected chi connectivity index (χ0v) is 9.27. The summed E-state index contributed by atoms with van der Waals surface area (Å²) < 4.78 is 0. The van der Waals surface area contributed by atoms with E-state index in [1.807, 2.05) is 0 Å². The molecule has 0 aliphatic rings. The number of nitro groups is 1. The van der Waals surface area contributed by atoms with Gasteiger partial charge in [0, 0.05) is 23.9 Å². The van der Waals surface area contributed by atoms with Gasteiger partial charge in [-0.1, -0.05) is 6.07 Å². The molecular weight excluding hydrogens is 226 g/mol. The topological polar surface area (TPSA) is 104 Å². The Balaban J connectivity index is 2.75. The molecule has 0 radical (unpaired) electrons. The number of nitrogens with one attached hydrogen (secondary N) is 2. The van der Waals surface area contributed by atoms with E-state index < -0.39 is 11.0 Å². The molecule has 7 heteroatoms. The predicted molar refractivity (Wildman–Crippen MR) is 61.9 cm³/mol. The lowest BCUT2D eigenvalue weighted by Gasteiger charge is -2.06. The maximum Gasteiger partial charge on any atom is 0.319 e. The van der Waals surface area contributed by atoms with Crippen molar-refractivity contribution < 1.29 is 14.8 Å². The van der Waals surface area contributed by atoms with E-state index in [9.17, 15) is 14.9 Å². The van der Waals surface area contributed by atoms with E-state index >= 15 is 0 Å². The minimum Gasteiger partial charge on any atom is -0.395 e. The number of aryl methyl sites for hydroxylation is 1. The van der Waals surface area contributed by atoms with Crippen LogP contribution in [-0.4, -0.2) is 29.2 Å². The zero-order chi connectivity index (χ0) is 12.8. The Morgan fingerprint density at radius 2 is 2.24 bits per heavy atom. The number of aliphatic hydroxyl groups is 1. The van der Waals surface area contributed by atoms with Crippen LogP contribution in [0.25, 0.3) is 0 Å². The van der Waals surface area contributed by atoms with Crippen LogP contribution in [0.4, 0.5) is 16.2 Å². The van der Waals surface area contributed by atoms with Crippen LogP contribution >= 0.6 is 0 Å². The van der Waals surface area contributed by atoms with Crippen molar-refractivity contribution >= 4 is 17.4 Å².